The Kier molecular flexibility index (Phi) is 5.21. The van der Waals surface area contributed by atoms with Crippen molar-refractivity contribution in [1.82, 2.24) is 0 Å². The van der Waals surface area contributed by atoms with Crippen LogP contribution >= 0.6 is 38.5 Å². The van der Waals surface area contributed by atoms with E-state index in [1.165, 1.54) is 14.7 Å². The van der Waals surface area contributed by atoms with E-state index in [9.17, 15) is 0 Å². The molecule has 0 bridgehead atoms. The topological polar surface area (TPSA) is 26.0 Å². The number of benzene rings is 2. The highest BCUT2D eigenvalue weighted by Crippen LogP contribution is 2.18. The fraction of sp³-hybridized carbons (Fsp3) is 0.200. The number of rotatable bonds is 4. The first-order valence-electron chi connectivity index (χ1n) is 5.88. The first-order chi connectivity index (χ1) is 8.65. The summed E-state index contributed by atoms with van der Waals surface area (Å²) in [6, 6.07) is 17.0. The highest BCUT2D eigenvalue weighted by atomic mass is 127. The Morgan fingerprint density at radius 3 is 2.33 bits per heavy atom. The highest BCUT2D eigenvalue weighted by molar-refractivity contribution is 14.1. The van der Waals surface area contributed by atoms with Crippen molar-refractivity contribution in [2.45, 2.75) is 18.9 Å². The maximum atomic E-state index is 6.22. The largest absolute Gasteiger partial charge is 0.327 e. The molecule has 0 aliphatic heterocycles. The van der Waals surface area contributed by atoms with Gasteiger partial charge in [0.25, 0.3) is 0 Å². The molecule has 0 aliphatic carbocycles. The molecule has 94 valence electrons. The summed E-state index contributed by atoms with van der Waals surface area (Å²) in [6.07, 6.45) is 1.81. The van der Waals surface area contributed by atoms with E-state index in [0.29, 0.717) is 0 Å². The fourth-order valence-corrected chi connectivity index (χ4v) is 2.75. The second-order valence-corrected chi connectivity index (χ2v) is 6.49. The molecule has 0 aliphatic rings. The van der Waals surface area contributed by atoms with Crippen molar-refractivity contribution in [3.63, 3.8) is 0 Å². The Balaban J connectivity index is 1.99. The SMILES string of the molecule is NC(Cc1ccc(I)cc1)Cc1ccccc1Br. The van der Waals surface area contributed by atoms with Crippen molar-refractivity contribution in [2.75, 3.05) is 0 Å². The van der Waals surface area contributed by atoms with E-state index in [-0.39, 0.29) is 6.04 Å². The number of hydrogen-bond acceptors (Lipinski definition) is 1. The second kappa shape index (κ2) is 6.68. The molecule has 2 aromatic carbocycles. The lowest BCUT2D eigenvalue weighted by Crippen LogP contribution is -2.25. The van der Waals surface area contributed by atoms with Gasteiger partial charge < -0.3 is 5.73 Å². The quantitative estimate of drug-likeness (QED) is 0.745. The summed E-state index contributed by atoms with van der Waals surface area (Å²) in [5.74, 6) is 0. The molecule has 1 atom stereocenters. The Hall–Kier alpha value is -0.390. The normalized spacial score (nSPS) is 12.4. The third kappa shape index (κ3) is 4.07. The molecule has 1 unspecified atom stereocenters. The predicted molar refractivity (Wildman–Crippen MR) is 88.7 cm³/mol. The van der Waals surface area contributed by atoms with Crippen molar-refractivity contribution >= 4 is 38.5 Å². The maximum Gasteiger partial charge on any atom is 0.0207 e. The van der Waals surface area contributed by atoms with Crippen molar-refractivity contribution in [3.05, 3.63) is 67.7 Å². The Morgan fingerprint density at radius 1 is 1.00 bits per heavy atom. The number of hydrogen-bond donors (Lipinski definition) is 1. The lowest BCUT2D eigenvalue weighted by Gasteiger charge is -2.13. The average molecular weight is 416 g/mol. The summed E-state index contributed by atoms with van der Waals surface area (Å²) in [7, 11) is 0. The van der Waals surface area contributed by atoms with Gasteiger partial charge in [-0.05, 0) is 64.8 Å². The summed E-state index contributed by atoms with van der Waals surface area (Å²) < 4.78 is 2.40. The van der Waals surface area contributed by atoms with Crippen LogP contribution in [0.4, 0.5) is 0 Å². The monoisotopic (exact) mass is 415 g/mol. The van der Waals surface area contributed by atoms with Gasteiger partial charge in [0.05, 0.1) is 0 Å². The van der Waals surface area contributed by atoms with Gasteiger partial charge in [-0.15, -0.1) is 0 Å². The third-order valence-corrected chi connectivity index (χ3v) is 4.34. The van der Waals surface area contributed by atoms with Crippen LogP contribution in [-0.4, -0.2) is 6.04 Å². The van der Waals surface area contributed by atoms with Crippen LogP contribution in [0.1, 0.15) is 11.1 Å². The molecule has 18 heavy (non-hydrogen) atoms. The molecule has 2 aromatic rings. The third-order valence-electron chi connectivity index (χ3n) is 2.85. The zero-order valence-corrected chi connectivity index (χ0v) is 13.7. The van der Waals surface area contributed by atoms with Crippen LogP contribution in [0.2, 0.25) is 0 Å². The number of halogens is 2. The Morgan fingerprint density at radius 2 is 1.67 bits per heavy atom. The zero-order valence-electron chi connectivity index (χ0n) is 9.94. The highest BCUT2D eigenvalue weighted by Gasteiger charge is 2.07. The minimum Gasteiger partial charge on any atom is -0.327 e. The van der Waals surface area contributed by atoms with Gasteiger partial charge in [0.2, 0.25) is 0 Å². The minimum atomic E-state index is 0.156. The molecule has 1 nitrogen and oxygen atoms in total. The molecule has 2 rings (SSSR count). The molecule has 0 fully saturated rings. The molecule has 2 N–H and O–H groups in total. The summed E-state index contributed by atoms with van der Waals surface area (Å²) in [6.45, 7) is 0. The van der Waals surface area contributed by atoms with Gasteiger partial charge in [0.1, 0.15) is 0 Å². The van der Waals surface area contributed by atoms with Crippen molar-refractivity contribution in [2.24, 2.45) is 5.73 Å². The molecule has 0 spiro atoms. The molecule has 0 heterocycles. The first kappa shape index (κ1) is 14.0. The second-order valence-electron chi connectivity index (χ2n) is 4.39. The van der Waals surface area contributed by atoms with Crippen LogP contribution in [0.3, 0.4) is 0 Å². The van der Waals surface area contributed by atoms with E-state index in [4.69, 9.17) is 5.73 Å². The molecule has 0 aromatic heterocycles. The molecular formula is C15H15BrIN. The van der Waals surface area contributed by atoms with Gasteiger partial charge in [0.15, 0.2) is 0 Å². The zero-order chi connectivity index (χ0) is 13.0. The Bertz CT molecular complexity index is 510. The van der Waals surface area contributed by atoms with E-state index in [0.717, 1.165) is 17.3 Å². The lowest BCUT2D eigenvalue weighted by molar-refractivity contribution is 0.663. The maximum absolute atomic E-state index is 6.22. The van der Waals surface area contributed by atoms with Crippen LogP contribution in [0.5, 0.6) is 0 Å². The van der Waals surface area contributed by atoms with E-state index in [1.54, 1.807) is 0 Å². The molecule has 0 amide bonds. The van der Waals surface area contributed by atoms with Crippen LogP contribution in [-0.2, 0) is 12.8 Å². The smallest absolute Gasteiger partial charge is 0.0207 e. The molecule has 3 heteroatoms. The van der Waals surface area contributed by atoms with Gasteiger partial charge >= 0.3 is 0 Å². The fourth-order valence-electron chi connectivity index (χ4n) is 1.94. The molecular weight excluding hydrogens is 401 g/mol. The summed E-state index contributed by atoms with van der Waals surface area (Å²) in [5.41, 5.74) is 8.80. The van der Waals surface area contributed by atoms with Gasteiger partial charge in [0, 0.05) is 14.1 Å². The van der Waals surface area contributed by atoms with Crippen LogP contribution in [0.15, 0.2) is 53.0 Å². The summed E-state index contributed by atoms with van der Waals surface area (Å²) in [5, 5.41) is 0. The van der Waals surface area contributed by atoms with Gasteiger partial charge in [-0.25, -0.2) is 0 Å². The standard InChI is InChI=1S/C15H15BrIN/c16-15-4-2-1-3-12(15)10-14(18)9-11-5-7-13(17)8-6-11/h1-8,14H,9-10,18H2. The van der Waals surface area contributed by atoms with Crippen molar-refractivity contribution < 1.29 is 0 Å². The lowest BCUT2D eigenvalue weighted by atomic mass is 10.00. The van der Waals surface area contributed by atoms with E-state index >= 15 is 0 Å². The van der Waals surface area contributed by atoms with Crippen molar-refractivity contribution in [3.8, 4) is 0 Å². The predicted octanol–water partition coefficient (Wildman–Crippen LogP) is 4.17. The number of nitrogens with two attached hydrogens (primary N) is 1. The van der Waals surface area contributed by atoms with Gasteiger partial charge in [-0.1, -0.05) is 46.3 Å². The van der Waals surface area contributed by atoms with E-state index < -0.39 is 0 Å². The van der Waals surface area contributed by atoms with Crippen LogP contribution in [0.25, 0.3) is 0 Å². The minimum absolute atomic E-state index is 0.156. The average Bonchev–Trinajstić information content (AvgIpc) is 2.35. The van der Waals surface area contributed by atoms with Crippen molar-refractivity contribution in [1.29, 1.82) is 0 Å². The molecule has 0 saturated heterocycles. The van der Waals surface area contributed by atoms with Gasteiger partial charge in [-0.3, -0.25) is 0 Å². The van der Waals surface area contributed by atoms with Crippen LogP contribution in [0, 0.1) is 3.57 Å². The first-order valence-corrected chi connectivity index (χ1v) is 7.76. The summed E-state index contributed by atoms with van der Waals surface area (Å²) in [4.78, 5) is 0. The van der Waals surface area contributed by atoms with E-state index in [1.807, 2.05) is 6.07 Å². The van der Waals surface area contributed by atoms with Gasteiger partial charge in [-0.2, -0.15) is 0 Å². The Labute approximate surface area is 130 Å². The molecule has 0 saturated carbocycles. The van der Waals surface area contributed by atoms with Crippen LogP contribution < -0.4 is 5.73 Å². The summed E-state index contributed by atoms with van der Waals surface area (Å²) >= 11 is 5.88. The van der Waals surface area contributed by atoms with E-state index in [2.05, 4.69) is 81.0 Å². The molecule has 0 radical (unpaired) electrons.